The van der Waals surface area contributed by atoms with Crippen LogP contribution in [-0.2, 0) is 0 Å². The highest BCUT2D eigenvalue weighted by atomic mass is 16.3. The zero-order valence-corrected chi connectivity index (χ0v) is 13.0. The molecule has 0 saturated heterocycles. The molecule has 2 rings (SSSR count). The molecular weight excluding hydrogens is 264 g/mol. The van der Waals surface area contributed by atoms with Crippen LogP contribution in [0.15, 0.2) is 47.4 Å². The molecule has 2 aromatic rings. The quantitative estimate of drug-likeness (QED) is 0.836. The first kappa shape index (κ1) is 15.3. The Kier molecular flexibility index (Phi) is 4.78. The molecular formula is C17H22N2O2. The molecule has 0 aliphatic carbocycles. The van der Waals surface area contributed by atoms with Crippen LogP contribution < -0.4 is 0 Å². The summed E-state index contributed by atoms with van der Waals surface area (Å²) in [6, 6.07) is 10.2. The highest BCUT2D eigenvalue weighted by Gasteiger charge is 2.31. The molecule has 1 atom stereocenters. The van der Waals surface area contributed by atoms with Gasteiger partial charge < -0.3 is 9.32 Å². The second kappa shape index (κ2) is 6.57. The van der Waals surface area contributed by atoms with Gasteiger partial charge in [0.25, 0.3) is 5.91 Å². The fraction of sp³-hybridized carbons (Fsp3) is 0.412. The van der Waals surface area contributed by atoms with Crippen molar-refractivity contribution in [3.05, 3.63) is 54.2 Å². The molecule has 1 heterocycles. The van der Waals surface area contributed by atoms with Crippen LogP contribution in [0.25, 0.3) is 0 Å². The highest BCUT2D eigenvalue weighted by molar-refractivity contribution is 5.92. The summed E-state index contributed by atoms with van der Waals surface area (Å²) in [6.45, 7) is 8.30. The van der Waals surface area contributed by atoms with Gasteiger partial charge in [-0.05, 0) is 25.3 Å². The number of nitrogens with zero attached hydrogens (tertiary/aromatic N) is 2. The third kappa shape index (κ3) is 3.32. The molecule has 0 fully saturated rings. The lowest BCUT2D eigenvalue weighted by molar-refractivity contribution is 0.0534. The Morgan fingerprint density at radius 3 is 2.29 bits per heavy atom. The second-order valence-corrected chi connectivity index (χ2v) is 5.78. The first-order valence-corrected chi connectivity index (χ1v) is 7.28. The topological polar surface area (TPSA) is 46.3 Å². The molecule has 4 heteroatoms. The fourth-order valence-corrected chi connectivity index (χ4v) is 2.65. The molecule has 0 unspecified atom stereocenters. The normalized spacial score (nSPS) is 12.7. The standard InChI is InChI=1S/C17H22N2O2/c1-12(2)16(14-8-6-5-7-9-14)19(13(3)4)17(20)15-10-21-11-18-15/h5-13,16H,1-4H3/t16-/m0/s1. The number of carbonyl (C=O) groups excluding carboxylic acids is 1. The van der Waals surface area contributed by atoms with Gasteiger partial charge in [-0.1, -0.05) is 44.2 Å². The molecule has 1 aromatic heterocycles. The van der Waals surface area contributed by atoms with Crippen molar-refractivity contribution in [1.29, 1.82) is 0 Å². The van der Waals surface area contributed by atoms with Gasteiger partial charge >= 0.3 is 0 Å². The van der Waals surface area contributed by atoms with E-state index < -0.39 is 0 Å². The van der Waals surface area contributed by atoms with Gasteiger partial charge in [0.2, 0.25) is 0 Å². The van der Waals surface area contributed by atoms with E-state index in [9.17, 15) is 4.79 Å². The summed E-state index contributed by atoms with van der Waals surface area (Å²) in [5, 5.41) is 0. The van der Waals surface area contributed by atoms with Crippen molar-refractivity contribution in [2.75, 3.05) is 0 Å². The third-order valence-electron chi connectivity index (χ3n) is 3.51. The zero-order chi connectivity index (χ0) is 15.4. The number of benzene rings is 1. The zero-order valence-electron chi connectivity index (χ0n) is 13.0. The second-order valence-electron chi connectivity index (χ2n) is 5.78. The minimum atomic E-state index is -0.0960. The summed E-state index contributed by atoms with van der Waals surface area (Å²) >= 11 is 0. The number of amides is 1. The van der Waals surface area contributed by atoms with E-state index in [1.54, 1.807) is 0 Å². The number of carbonyl (C=O) groups is 1. The maximum Gasteiger partial charge on any atom is 0.276 e. The average molecular weight is 286 g/mol. The Hall–Kier alpha value is -2.10. The van der Waals surface area contributed by atoms with Gasteiger partial charge in [-0.3, -0.25) is 4.79 Å². The smallest absolute Gasteiger partial charge is 0.276 e. The Balaban J connectivity index is 2.41. The van der Waals surface area contributed by atoms with Crippen molar-refractivity contribution in [2.45, 2.75) is 39.8 Å². The molecule has 112 valence electrons. The van der Waals surface area contributed by atoms with E-state index in [0.717, 1.165) is 5.56 Å². The van der Waals surface area contributed by atoms with Gasteiger partial charge in [0.05, 0.1) is 6.04 Å². The van der Waals surface area contributed by atoms with Crippen LogP contribution in [0.2, 0.25) is 0 Å². The van der Waals surface area contributed by atoms with Crippen LogP contribution in [-0.4, -0.2) is 21.8 Å². The minimum Gasteiger partial charge on any atom is -0.451 e. The highest BCUT2D eigenvalue weighted by Crippen LogP contribution is 2.31. The Morgan fingerprint density at radius 1 is 1.14 bits per heavy atom. The van der Waals surface area contributed by atoms with Crippen molar-refractivity contribution in [1.82, 2.24) is 9.88 Å². The molecule has 0 spiro atoms. The minimum absolute atomic E-state index is 0.00963. The number of hydrogen-bond acceptors (Lipinski definition) is 3. The lowest BCUT2D eigenvalue weighted by atomic mass is 9.93. The van der Waals surface area contributed by atoms with Crippen molar-refractivity contribution < 1.29 is 9.21 Å². The SMILES string of the molecule is CC(C)[C@@H](c1ccccc1)N(C(=O)c1cocn1)C(C)C. The van der Waals surface area contributed by atoms with E-state index in [1.165, 1.54) is 12.7 Å². The van der Waals surface area contributed by atoms with Crippen molar-refractivity contribution in [3.63, 3.8) is 0 Å². The van der Waals surface area contributed by atoms with Crippen LogP contribution in [0.1, 0.15) is 49.8 Å². The van der Waals surface area contributed by atoms with E-state index in [-0.39, 0.29) is 18.0 Å². The van der Waals surface area contributed by atoms with Crippen LogP contribution in [0.4, 0.5) is 0 Å². The van der Waals surface area contributed by atoms with E-state index in [1.807, 2.05) is 36.9 Å². The largest absolute Gasteiger partial charge is 0.451 e. The molecule has 0 aliphatic heterocycles. The van der Waals surface area contributed by atoms with Crippen LogP contribution in [0.3, 0.4) is 0 Å². The fourth-order valence-electron chi connectivity index (χ4n) is 2.65. The summed E-state index contributed by atoms with van der Waals surface area (Å²) in [5.41, 5.74) is 1.49. The number of aromatic nitrogens is 1. The van der Waals surface area contributed by atoms with E-state index in [4.69, 9.17) is 4.42 Å². The maximum absolute atomic E-state index is 12.8. The van der Waals surface area contributed by atoms with Gasteiger partial charge in [0.1, 0.15) is 6.26 Å². The summed E-state index contributed by atoms with van der Waals surface area (Å²) in [5.74, 6) is 0.201. The van der Waals surface area contributed by atoms with E-state index in [0.29, 0.717) is 11.6 Å². The van der Waals surface area contributed by atoms with E-state index >= 15 is 0 Å². The molecule has 0 bridgehead atoms. The van der Waals surface area contributed by atoms with Crippen molar-refractivity contribution >= 4 is 5.91 Å². The van der Waals surface area contributed by atoms with Gasteiger partial charge in [-0.2, -0.15) is 0 Å². The first-order valence-electron chi connectivity index (χ1n) is 7.28. The first-order chi connectivity index (χ1) is 10.0. The third-order valence-corrected chi connectivity index (χ3v) is 3.51. The molecule has 21 heavy (non-hydrogen) atoms. The predicted octanol–water partition coefficient (Wildman–Crippen LogP) is 3.92. The summed E-state index contributed by atoms with van der Waals surface area (Å²) in [4.78, 5) is 18.7. The van der Waals surface area contributed by atoms with Gasteiger partial charge in [0, 0.05) is 6.04 Å². The molecule has 0 aliphatic rings. The van der Waals surface area contributed by atoms with Crippen molar-refractivity contribution in [3.8, 4) is 0 Å². The molecule has 1 aromatic carbocycles. The van der Waals surface area contributed by atoms with Gasteiger partial charge in [0.15, 0.2) is 12.1 Å². The summed E-state index contributed by atoms with van der Waals surface area (Å²) in [7, 11) is 0. The number of rotatable bonds is 5. The molecule has 1 amide bonds. The predicted molar refractivity (Wildman–Crippen MR) is 81.8 cm³/mol. The molecule has 0 N–H and O–H groups in total. The van der Waals surface area contributed by atoms with Crippen LogP contribution in [0.5, 0.6) is 0 Å². The number of hydrogen-bond donors (Lipinski definition) is 0. The maximum atomic E-state index is 12.8. The molecule has 0 saturated carbocycles. The number of oxazole rings is 1. The summed E-state index contributed by atoms with van der Waals surface area (Å²) < 4.78 is 4.95. The van der Waals surface area contributed by atoms with Gasteiger partial charge in [-0.25, -0.2) is 4.98 Å². The molecule has 4 nitrogen and oxygen atoms in total. The Labute approximate surface area is 125 Å². The Morgan fingerprint density at radius 2 is 1.81 bits per heavy atom. The van der Waals surface area contributed by atoms with Crippen molar-refractivity contribution in [2.24, 2.45) is 5.92 Å². The van der Waals surface area contributed by atoms with Gasteiger partial charge in [-0.15, -0.1) is 0 Å². The van der Waals surface area contributed by atoms with Crippen LogP contribution >= 0.6 is 0 Å². The lowest BCUT2D eigenvalue weighted by Gasteiger charge is -2.37. The molecule has 0 radical (unpaired) electrons. The monoisotopic (exact) mass is 286 g/mol. The van der Waals surface area contributed by atoms with E-state index in [2.05, 4.69) is 31.0 Å². The average Bonchev–Trinajstić information content (AvgIpc) is 2.98. The summed E-state index contributed by atoms with van der Waals surface area (Å²) in [6.07, 6.45) is 2.69. The lowest BCUT2D eigenvalue weighted by Crippen LogP contribution is -2.42. The van der Waals surface area contributed by atoms with Crippen LogP contribution in [0, 0.1) is 5.92 Å². The Bertz CT molecular complexity index is 562.